The molecule has 1 heterocycles. The van der Waals surface area contributed by atoms with E-state index in [1.807, 2.05) is 18.4 Å². The number of nitrogens with one attached hydrogen (secondary N) is 1. The summed E-state index contributed by atoms with van der Waals surface area (Å²) in [5.41, 5.74) is 1.63. The van der Waals surface area contributed by atoms with Gasteiger partial charge in [-0.1, -0.05) is 38.0 Å². The van der Waals surface area contributed by atoms with Gasteiger partial charge in [-0.3, -0.25) is 4.79 Å². The fourth-order valence-corrected chi connectivity index (χ4v) is 5.51. The average molecular weight is 375 g/mol. The van der Waals surface area contributed by atoms with Gasteiger partial charge in [0.05, 0.1) is 4.90 Å². The molecular weight excluding hydrogens is 348 g/mol. The molecule has 1 amide bonds. The first kappa shape index (κ1) is 18.7. The van der Waals surface area contributed by atoms with Gasteiger partial charge in [0.2, 0.25) is 15.7 Å². The molecule has 1 aromatic carbocycles. The van der Waals surface area contributed by atoms with E-state index in [1.54, 1.807) is 37.3 Å². The normalized spacial score (nSPS) is 15.3. The van der Waals surface area contributed by atoms with E-state index in [0.29, 0.717) is 17.8 Å². The highest BCUT2D eigenvalue weighted by molar-refractivity contribution is 7.91. The number of rotatable bonds is 5. The average Bonchev–Trinajstić information content (AvgIpc) is 3.23. The Bertz CT molecular complexity index is 908. The molecule has 0 atom stereocenters. The number of hydrogen-bond acceptors (Lipinski definition) is 3. The predicted molar refractivity (Wildman–Crippen MR) is 102 cm³/mol. The van der Waals surface area contributed by atoms with Crippen LogP contribution in [0, 0.1) is 13.8 Å². The van der Waals surface area contributed by atoms with E-state index < -0.39 is 9.84 Å². The maximum Gasteiger partial charge on any atom is 0.225 e. The molecule has 1 aliphatic carbocycles. The van der Waals surface area contributed by atoms with Crippen LogP contribution in [0.5, 0.6) is 0 Å². The summed E-state index contributed by atoms with van der Waals surface area (Å²) < 4.78 is 28.8. The van der Waals surface area contributed by atoms with Crippen LogP contribution < -0.4 is 5.32 Å². The highest BCUT2D eigenvalue weighted by Crippen LogP contribution is 2.41. The van der Waals surface area contributed by atoms with Crippen LogP contribution in [-0.2, 0) is 14.6 Å². The van der Waals surface area contributed by atoms with Crippen molar-refractivity contribution >= 4 is 21.6 Å². The van der Waals surface area contributed by atoms with Crippen LogP contribution >= 0.6 is 0 Å². The summed E-state index contributed by atoms with van der Waals surface area (Å²) in [5.74, 6) is 0.258. The van der Waals surface area contributed by atoms with Gasteiger partial charge in [-0.25, -0.2) is 8.42 Å². The second kappa shape index (κ2) is 7.27. The molecule has 1 aromatic heterocycles. The zero-order valence-electron chi connectivity index (χ0n) is 15.6. The van der Waals surface area contributed by atoms with E-state index in [2.05, 4.69) is 5.32 Å². The van der Waals surface area contributed by atoms with Gasteiger partial charge in [-0.15, -0.1) is 0 Å². The maximum absolute atomic E-state index is 13.4. The van der Waals surface area contributed by atoms with Crippen molar-refractivity contribution < 1.29 is 13.2 Å². The number of benzene rings is 1. The Labute approximate surface area is 155 Å². The minimum Gasteiger partial charge on any atom is -0.327 e. The van der Waals surface area contributed by atoms with Gasteiger partial charge in [0.1, 0.15) is 10.7 Å². The van der Waals surface area contributed by atoms with Gasteiger partial charge in [0.15, 0.2) is 0 Å². The predicted octanol–water partition coefficient (Wildman–Crippen LogP) is 4.40. The van der Waals surface area contributed by atoms with E-state index in [9.17, 15) is 13.2 Å². The molecule has 1 N–H and O–H groups in total. The van der Waals surface area contributed by atoms with Gasteiger partial charge in [0.25, 0.3) is 0 Å². The third-order valence-electron chi connectivity index (χ3n) is 5.29. The molecule has 0 bridgehead atoms. The number of carbonyl (C=O) groups excluding carboxylic acids is 1. The van der Waals surface area contributed by atoms with E-state index in [-0.39, 0.29) is 21.7 Å². The number of amides is 1. The van der Waals surface area contributed by atoms with Gasteiger partial charge >= 0.3 is 0 Å². The number of carbonyl (C=O) groups is 1. The van der Waals surface area contributed by atoms with E-state index in [4.69, 9.17) is 0 Å². The molecule has 140 valence electrons. The van der Waals surface area contributed by atoms with Crippen LogP contribution in [0.15, 0.2) is 40.1 Å². The molecule has 0 radical (unpaired) electrons. The van der Waals surface area contributed by atoms with E-state index in [0.717, 1.165) is 31.4 Å². The Morgan fingerprint density at radius 2 is 1.77 bits per heavy atom. The second-order valence-electron chi connectivity index (χ2n) is 6.91. The molecule has 6 heteroatoms. The quantitative estimate of drug-likeness (QED) is 0.843. The summed E-state index contributed by atoms with van der Waals surface area (Å²) >= 11 is 0. The number of hydrogen-bond donors (Lipinski definition) is 1. The molecule has 5 nitrogen and oxygen atoms in total. The number of sulfone groups is 1. The van der Waals surface area contributed by atoms with Crippen molar-refractivity contribution in [3.8, 4) is 0 Å². The largest absolute Gasteiger partial charge is 0.327 e. The highest BCUT2D eigenvalue weighted by atomic mass is 32.2. The molecule has 2 aromatic rings. The third kappa shape index (κ3) is 3.18. The summed E-state index contributed by atoms with van der Waals surface area (Å²) in [4.78, 5) is 12.6. The van der Waals surface area contributed by atoms with Crippen molar-refractivity contribution in [1.29, 1.82) is 0 Å². The fraction of sp³-hybridized carbons (Fsp3) is 0.450. The van der Waals surface area contributed by atoms with Gasteiger partial charge in [0, 0.05) is 18.2 Å². The SMILES string of the molecule is CCC(=O)Nc1c(S(=O)(=O)c2ccccc2)c(C)c(C)n1C1CCCC1. The molecule has 3 rings (SSSR count). The maximum atomic E-state index is 13.4. The summed E-state index contributed by atoms with van der Waals surface area (Å²) in [7, 11) is -3.72. The van der Waals surface area contributed by atoms with Crippen molar-refractivity contribution in [2.24, 2.45) is 0 Å². The summed E-state index contributed by atoms with van der Waals surface area (Å²) in [6.07, 6.45) is 4.58. The number of aromatic nitrogens is 1. The zero-order valence-corrected chi connectivity index (χ0v) is 16.4. The Kier molecular flexibility index (Phi) is 5.23. The highest BCUT2D eigenvalue weighted by Gasteiger charge is 2.33. The Hall–Kier alpha value is -2.08. The topological polar surface area (TPSA) is 68.2 Å². The van der Waals surface area contributed by atoms with Crippen LogP contribution in [0.3, 0.4) is 0 Å². The Morgan fingerprint density at radius 3 is 2.35 bits per heavy atom. The third-order valence-corrected chi connectivity index (χ3v) is 7.22. The summed E-state index contributed by atoms with van der Waals surface area (Å²) in [6, 6.07) is 8.66. The molecule has 0 spiro atoms. The molecule has 0 aliphatic heterocycles. The van der Waals surface area contributed by atoms with Crippen molar-refractivity contribution in [3.05, 3.63) is 41.6 Å². The monoisotopic (exact) mass is 374 g/mol. The van der Waals surface area contributed by atoms with Crippen LogP contribution in [0.2, 0.25) is 0 Å². The minimum atomic E-state index is -3.72. The standard InChI is InChI=1S/C20H26N2O3S/c1-4-18(23)21-20-19(26(24,25)17-12-6-5-7-13-17)14(2)15(3)22(20)16-10-8-9-11-16/h5-7,12-13,16H,4,8-11H2,1-3H3,(H,21,23). The van der Waals surface area contributed by atoms with Crippen molar-refractivity contribution in [1.82, 2.24) is 4.57 Å². The van der Waals surface area contributed by atoms with Gasteiger partial charge in [-0.2, -0.15) is 0 Å². The lowest BCUT2D eigenvalue weighted by molar-refractivity contribution is -0.115. The second-order valence-corrected chi connectivity index (χ2v) is 8.80. The number of anilines is 1. The first-order valence-corrected chi connectivity index (χ1v) is 10.7. The first-order chi connectivity index (χ1) is 12.4. The molecule has 1 fully saturated rings. The molecule has 1 aliphatic rings. The van der Waals surface area contributed by atoms with E-state index >= 15 is 0 Å². The van der Waals surface area contributed by atoms with Crippen LogP contribution in [0.4, 0.5) is 5.82 Å². The number of nitrogens with zero attached hydrogens (tertiary/aromatic N) is 1. The smallest absolute Gasteiger partial charge is 0.225 e. The van der Waals surface area contributed by atoms with Gasteiger partial charge in [-0.05, 0) is 44.4 Å². The Morgan fingerprint density at radius 1 is 1.15 bits per heavy atom. The van der Waals surface area contributed by atoms with Crippen molar-refractivity contribution in [3.63, 3.8) is 0 Å². The first-order valence-electron chi connectivity index (χ1n) is 9.19. The van der Waals surface area contributed by atoms with Crippen LogP contribution in [0.25, 0.3) is 0 Å². The fourth-order valence-electron chi connectivity index (χ4n) is 3.80. The van der Waals surface area contributed by atoms with Crippen molar-refractivity contribution in [2.45, 2.75) is 68.7 Å². The van der Waals surface area contributed by atoms with Gasteiger partial charge < -0.3 is 9.88 Å². The molecule has 0 saturated heterocycles. The molecule has 26 heavy (non-hydrogen) atoms. The zero-order chi connectivity index (χ0) is 18.9. The lowest BCUT2D eigenvalue weighted by Crippen LogP contribution is -2.18. The minimum absolute atomic E-state index is 0.175. The summed E-state index contributed by atoms with van der Waals surface area (Å²) in [5, 5.41) is 2.89. The molecule has 1 saturated carbocycles. The Balaban J connectivity index is 2.24. The summed E-state index contributed by atoms with van der Waals surface area (Å²) in [6.45, 7) is 5.54. The van der Waals surface area contributed by atoms with E-state index in [1.165, 1.54) is 0 Å². The lowest BCUT2D eigenvalue weighted by Gasteiger charge is -2.19. The van der Waals surface area contributed by atoms with Crippen LogP contribution in [0.1, 0.15) is 56.3 Å². The van der Waals surface area contributed by atoms with Crippen molar-refractivity contribution in [2.75, 3.05) is 5.32 Å². The van der Waals surface area contributed by atoms with Crippen LogP contribution in [-0.4, -0.2) is 18.9 Å². The molecule has 0 unspecified atom stereocenters. The lowest BCUT2D eigenvalue weighted by atomic mass is 10.2. The molecular formula is C20H26N2O3S.